The fraction of sp³-hybridized carbons (Fsp3) is 0.577. The molecule has 0 atom stereocenters. The van der Waals surface area contributed by atoms with Gasteiger partial charge in [-0.3, -0.25) is 19.8 Å². The average molecular weight is 500 g/mol. The van der Waals surface area contributed by atoms with E-state index in [9.17, 15) is 14.4 Å². The van der Waals surface area contributed by atoms with Crippen LogP contribution in [0.2, 0.25) is 0 Å². The third kappa shape index (κ3) is 5.62. The van der Waals surface area contributed by atoms with Gasteiger partial charge >= 0.3 is 6.03 Å². The summed E-state index contributed by atoms with van der Waals surface area (Å²) < 4.78 is 0.993. The van der Waals surface area contributed by atoms with E-state index >= 15 is 0 Å². The summed E-state index contributed by atoms with van der Waals surface area (Å²) >= 11 is 1.44. The van der Waals surface area contributed by atoms with E-state index in [1.54, 1.807) is 0 Å². The molecule has 4 rings (SSSR count). The van der Waals surface area contributed by atoms with E-state index in [0.717, 1.165) is 54.7 Å². The molecule has 0 bridgehead atoms. The number of likely N-dealkylation sites (tertiary alicyclic amines) is 1. The van der Waals surface area contributed by atoms with Gasteiger partial charge in [0.25, 0.3) is 5.91 Å². The minimum Gasteiger partial charge on any atom is -0.342 e. The average Bonchev–Trinajstić information content (AvgIpc) is 3.20. The molecule has 2 saturated heterocycles. The van der Waals surface area contributed by atoms with E-state index in [1.807, 2.05) is 55.7 Å². The van der Waals surface area contributed by atoms with Crippen LogP contribution in [0.1, 0.15) is 49.5 Å². The fourth-order valence-corrected chi connectivity index (χ4v) is 6.15. The number of fused-ring (bicyclic) bond motifs is 1. The molecule has 0 saturated carbocycles. The number of nitrogens with zero attached hydrogens (tertiary/aromatic N) is 3. The molecule has 0 spiro atoms. The lowest BCUT2D eigenvalue weighted by molar-refractivity contribution is -0.136. The van der Waals surface area contributed by atoms with Crippen LogP contribution in [0, 0.1) is 12.8 Å². The first-order valence-electron chi connectivity index (χ1n) is 12.7. The predicted octanol–water partition coefficient (Wildman–Crippen LogP) is 3.76. The third-order valence-electron chi connectivity index (χ3n) is 7.01. The minimum absolute atomic E-state index is 0.0225. The number of benzene rings is 1. The van der Waals surface area contributed by atoms with Crippen molar-refractivity contribution in [2.24, 2.45) is 5.92 Å². The lowest BCUT2D eigenvalue weighted by atomic mass is 10.0. The maximum atomic E-state index is 13.7. The molecule has 4 amide bonds. The van der Waals surface area contributed by atoms with Gasteiger partial charge in [0.1, 0.15) is 5.00 Å². The molecule has 2 aromatic rings. The Kier molecular flexibility index (Phi) is 7.96. The molecule has 2 aliphatic heterocycles. The highest BCUT2D eigenvalue weighted by atomic mass is 32.1. The molecule has 3 heterocycles. The summed E-state index contributed by atoms with van der Waals surface area (Å²) in [6.45, 7) is 12.9. The van der Waals surface area contributed by atoms with Crippen LogP contribution in [0.3, 0.4) is 0 Å². The molecular weight excluding hydrogens is 462 g/mol. The monoisotopic (exact) mass is 499 g/mol. The highest BCUT2D eigenvalue weighted by Crippen LogP contribution is 2.37. The number of urea groups is 1. The zero-order valence-electron chi connectivity index (χ0n) is 21.2. The van der Waals surface area contributed by atoms with Crippen molar-refractivity contribution < 1.29 is 14.4 Å². The molecule has 9 heteroatoms. The second-order valence-corrected chi connectivity index (χ2v) is 10.9. The number of carbonyl (C=O) groups excluding carboxylic acids is 3. The number of hydrogen-bond acceptors (Lipinski definition) is 5. The van der Waals surface area contributed by atoms with Crippen LogP contribution in [0.4, 0.5) is 9.80 Å². The number of hydrogen-bond donors (Lipinski definition) is 2. The number of piperidine rings is 1. The maximum absolute atomic E-state index is 13.7. The van der Waals surface area contributed by atoms with E-state index < -0.39 is 0 Å². The fourth-order valence-electron chi connectivity index (χ4n) is 5.08. The van der Waals surface area contributed by atoms with Gasteiger partial charge in [-0.1, -0.05) is 25.5 Å². The zero-order chi connectivity index (χ0) is 25.1. The van der Waals surface area contributed by atoms with Crippen LogP contribution in [-0.4, -0.2) is 84.4 Å². The number of rotatable bonds is 5. The van der Waals surface area contributed by atoms with Crippen LogP contribution in [0.25, 0.3) is 10.1 Å². The van der Waals surface area contributed by atoms with Crippen LogP contribution >= 0.6 is 11.3 Å². The number of anilines is 1. The topological polar surface area (TPSA) is 85.0 Å². The molecular formula is C26H37N5O3S. The molecule has 0 radical (unpaired) electrons. The summed E-state index contributed by atoms with van der Waals surface area (Å²) in [5, 5.41) is 7.16. The quantitative estimate of drug-likeness (QED) is 0.656. The van der Waals surface area contributed by atoms with Gasteiger partial charge in [-0.05, 0) is 38.8 Å². The van der Waals surface area contributed by atoms with Crippen molar-refractivity contribution >= 4 is 44.3 Å². The van der Waals surface area contributed by atoms with Crippen molar-refractivity contribution in [2.75, 3.05) is 51.1 Å². The normalized spacial score (nSPS) is 17.7. The highest BCUT2D eigenvalue weighted by Gasteiger charge is 2.32. The van der Waals surface area contributed by atoms with Crippen LogP contribution in [0.5, 0.6) is 0 Å². The van der Waals surface area contributed by atoms with E-state index in [4.69, 9.17) is 0 Å². The van der Waals surface area contributed by atoms with Gasteiger partial charge in [0.2, 0.25) is 5.91 Å². The summed E-state index contributed by atoms with van der Waals surface area (Å²) in [6, 6.07) is 6.25. The first-order chi connectivity index (χ1) is 16.8. The Morgan fingerprint density at radius 2 is 1.71 bits per heavy atom. The lowest BCUT2D eigenvalue weighted by Crippen LogP contribution is -2.55. The van der Waals surface area contributed by atoms with Crippen LogP contribution in [0.15, 0.2) is 18.2 Å². The highest BCUT2D eigenvalue weighted by molar-refractivity contribution is 7.23. The Hall–Kier alpha value is -2.65. The summed E-state index contributed by atoms with van der Waals surface area (Å²) in [6.07, 6.45) is 1.98. The molecule has 1 aromatic heterocycles. The Labute approximate surface area is 211 Å². The molecule has 35 heavy (non-hydrogen) atoms. The zero-order valence-corrected chi connectivity index (χ0v) is 22.0. The van der Waals surface area contributed by atoms with E-state index in [1.165, 1.54) is 11.3 Å². The van der Waals surface area contributed by atoms with Crippen molar-refractivity contribution in [2.45, 2.75) is 46.6 Å². The van der Waals surface area contributed by atoms with E-state index in [0.29, 0.717) is 36.2 Å². The molecule has 0 aliphatic carbocycles. The summed E-state index contributed by atoms with van der Waals surface area (Å²) in [5.74, 6) is 0.269. The summed E-state index contributed by atoms with van der Waals surface area (Å²) in [7, 11) is 0. The number of piperazine rings is 1. The summed E-state index contributed by atoms with van der Waals surface area (Å²) in [5.41, 5.74) is 1.68. The van der Waals surface area contributed by atoms with Crippen LogP contribution in [-0.2, 0) is 4.79 Å². The number of amides is 4. The van der Waals surface area contributed by atoms with Crippen molar-refractivity contribution in [1.82, 2.24) is 20.0 Å². The van der Waals surface area contributed by atoms with Crippen molar-refractivity contribution in [1.29, 1.82) is 0 Å². The summed E-state index contributed by atoms with van der Waals surface area (Å²) in [4.78, 5) is 44.6. The smallest absolute Gasteiger partial charge is 0.319 e. The van der Waals surface area contributed by atoms with Gasteiger partial charge < -0.3 is 15.1 Å². The second kappa shape index (κ2) is 11.0. The predicted molar refractivity (Wildman–Crippen MR) is 141 cm³/mol. The Balaban J connectivity index is 1.43. The molecule has 1 aromatic carbocycles. The number of thiophene rings is 1. The SMILES string of the molecule is CCNC(=O)Nc1sc2ccc(C)cc2c1C(=O)N1CCN(C2CCN(C(=O)C(C)C)CC2)CC1. The van der Waals surface area contributed by atoms with Gasteiger partial charge in [0.15, 0.2) is 0 Å². The first-order valence-corrected chi connectivity index (χ1v) is 13.5. The maximum Gasteiger partial charge on any atom is 0.319 e. The first kappa shape index (κ1) is 25.4. The van der Waals surface area contributed by atoms with Crippen molar-refractivity contribution in [3.63, 3.8) is 0 Å². The van der Waals surface area contributed by atoms with Crippen LogP contribution < -0.4 is 10.6 Å². The molecule has 190 valence electrons. The molecule has 0 unspecified atom stereocenters. The largest absolute Gasteiger partial charge is 0.342 e. The van der Waals surface area contributed by atoms with Gasteiger partial charge in [0.05, 0.1) is 5.56 Å². The van der Waals surface area contributed by atoms with Gasteiger partial charge in [-0.25, -0.2) is 4.79 Å². The van der Waals surface area contributed by atoms with Gasteiger partial charge in [-0.2, -0.15) is 0 Å². The lowest BCUT2D eigenvalue weighted by Gasteiger charge is -2.43. The Morgan fingerprint density at radius 3 is 2.34 bits per heavy atom. The number of aryl methyl sites for hydroxylation is 1. The van der Waals surface area contributed by atoms with Gasteiger partial charge in [0, 0.05) is 67.9 Å². The van der Waals surface area contributed by atoms with Crippen molar-refractivity contribution in [3.8, 4) is 0 Å². The standard InChI is InChI=1S/C26H37N5O3S/c1-5-27-26(34)28-23-22(20-16-18(4)6-7-21(20)35-23)25(33)31-14-12-29(13-15-31)19-8-10-30(11-9-19)24(32)17(2)3/h6-7,16-17,19H,5,8-15H2,1-4H3,(H2,27,28,34). The second-order valence-electron chi connectivity index (χ2n) is 9.83. The number of nitrogens with one attached hydrogen (secondary N) is 2. The Morgan fingerprint density at radius 1 is 1.03 bits per heavy atom. The van der Waals surface area contributed by atoms with E-state index in [2.05, 4.69) is 15.5 Å². The van der Waals surface area contributed by atoms with Gasteiger partial charge in [-0.15, -0.1) is 11.3 Å². The molecule has 2 aliphatic rings. The number of carbonyl (C=O) groups is 3. The minimum atomic E-state index is -0.295. The molecule has 2 fully saturated rings. The Bertz CT molecular complexity index is 1080. The van der Waals surface area contributed by atoms with Crippen molar-refractivity contribution in [3.05, 3.63) is 29.3 Å². The van der Waals surface area contributed by atoms with E-state index in [-0.39, 0.29) is 23.8 Å². The molecule has 2 N–H and O–H groups in total. The molecule has 8 nitrogen and oxygen atoms in total. The third-order valence-corrected chi connectivity index (χ3v) is 8.10.